The lowest BCUT2D eigenvalue weighted by molar-refractivity contribution is -0.139. The summed E-state index contributed by atoms with van der Waals surface area (Å²) in [4.78, 5) is 11.8. The van der Waals surface area contributed by atoms with Crippen LogP contribution in [-0.2, 0) is 22.3 Å². The van der Waals surface area contributed by atoms with Crippen molar-refractivity contribution in [3.63, 3.8) is 0 Å². The number of hydrogen-bond donors (Lipinski definition) is 1. The molecule has 0 bridgehead atoms. The largest absolute Gasteiger partial charge is 0.462 e. The van der Waals surface area contributed by atoms with Crippen LogP contribution in [0.2, 0.25) is 0 Å². The second-order valence-electron chi connectivity index (χ2n) is 6.66. The number of nitrogens with zero attached hydrogens (tertiary/aromatic N) is 1. The Morgan fingerprint density at radius 1 is 1.24 bits per heavy atom. The lowest BCUT2D eigenvalue weighted by atomic mass is 10.1. The molecule has 1 N–H and O–H groups in total. The van der Waals surface area contributed by atoms with Crippen molar-refractivity contribution in [1.29, 1.82) is 0 Å². The van der Waals surface area contributed by atoms with Crippen LogP contribution in [0, 0.1) is 0 Å². The fraction of sp³-hybridized carbons (Fsp3) is 0.588. The average Bonchev–Trinajstić information content (AvgIpc) is 2.49. The first kappa shape index (κ1) is 21.9. The van der Waals surface area contributed by atoms with Gasteiger partial charge in [0.1, 0.15) is 5.60 Å². The van der Waals surface area contributed by atoms with E-state index in [4.69, 9.17) is 0 Å². The quantitative estimate of drug-likeness (QED) is 0.748. The van der Waals surface area contributed by atoms with E-state index >= 15 is 0 Å². The zero-order valence-electron chi connectivity index (χ0n) is 14.6. The van der Waals surface area contributed by atoms with Gasteiger partial charge in [0.15, 0.2) is 0 Å². The molecule has 8 heteroatoms. The Labute approximate surface area is 154 Å². The number of carbonyl (C=O) groups excluding carboxylic acids is 1. The SMILES string of the molecule is CC(C)(C)OC=O.FC(F)(F)c1ccc(CN2CCNCC2)c(Br)c1. The van der Waals surface area contributed by atoms with Gasteiger partial charge in [-0.15, -0.1) is 0 Å². The molecule has 0 spiro atoms. The number of rotatable bonds is 3. The third-order valence-electron chi connectivity index (χ3n) is 3.39. The number of carbonyl (C=O) groups is 1. The van der Waals surface area contributed by atoms with Gasteiger partial charge in [-0.05, 0) is 38.5 Å². The van der Waals surface area contributed by atoms with Crippen LogP contribution in [0.3, 0.4) is 0 Å². The maximum Gasteiger partial charge on any atom is 0.416 e. The first-order chi connectivity index (χ1) is 11.5. The summed E-state index contributed by atoms with van der Waals surface area (Å²) in [6, 6.07) is 3.84. The Hall–Kier alpha value is -1.12. The Bertz CT molecular complexity index is 554. The molecule has 1 heterocycles. The molecule has 1 aliphatic heterocycles. The van der Waals surface area contributed by atoms with Crippen LogP contribution in [0.4, 0.5) is 13.2 Å². The zero-order chi connectivity index (χ0) is 19.1. The molecular weight excluding hydrogens is 401 g/mol. The van der Waals surface area contributed by atoms with Crippen molar-refractivity contribution in [1.82, 2.24) is 10.2 Å². The van der Waals surface area contributed by atoms with Gasteiger partial charge in [-0.3, -0.25) is 9.69 Å². The maximum absolute atomic E-state index is 12.5. The molecule has 0 unspecified atom stereocenters. The lowest BCUT2D eigenvalue weighted by Crippen LogP contribution is -2.42. The smallest absolute Gasteiger partial charge is 0.416 e. The molecule has 25 heavy (non-hydrogen) atoms. The molecular formula is C17H24BrF3N2O2. The maximum atomic E-state index is 12.5. The zero-order valence-corrected chi connectivity index (χ0v) is 16.2. The van der Waals surface area contributed by atoms with E-state index in [-0.39, 0.29) is 5.60 Å². The second-order valence-corrected chi connectivity index (χ2v) is 7.51. The summed E-state index contributed by atoms with van der Waals surface area (Å²) in [6.45, 7) is 10.3. The number of ether oxygens (including phenoxy) is 1. The van der Waals surface area contributed by atoms with Crippen molar-refractivity contribution < 1.29 is 22.7 Å². The number of nitrogens with one attached hydrogen (secondary N) is 1. The van der Waals surface area contributed by atoms with Gasteiger partial charge < -0.3 is 10.1 Å². The summed E-state index contributed by atoms with van der Waals surface area (Å²) < 4.78 is 42.6. The monoisotopic (exact) mass is 424 g/mol. The topological polar surface area (TPSA) is 41.6 Å². The molecule has 1 fully saturated rings. The Morgan fingerprint density at radius 2 is 1.84 bits per heavy atom. The van der Waals surface area contributed by atoms with Crippen LogP contribution >= 0.6 is 15.9 Å². The van der Waals surface area contributed by atoms with Crippen molar-refractivity contribution in [2.24, 2.45) is 0 Å². The minimum absolute atomic E-state index is 0.318. The van der Waals surface area contributed by atoms with E-state index in [1.54, 1.807) is 6.07 Å². The van der Waals surface area contributed by atoms with E-state index < -0.39 is 11.7 Å². The van der Waals surface area contributed by atoms with Gasteiger partial charge in [-0.25, -0.2) is 0 Å². The van der Waals surface area contributed by atoms with E-state index in [2.05, 4.69) is 30.9 Å². The highest BCUT2D eigenvalue weighted by atomic mass is 79.9. The van der Waals surface area contributed by atoms with Gasteiger partial charge in [0.05, 0.1) is 5.56 Å². The highest BCUT2D eigenvalue weighted by Crippen LogP contribution is 2.32. The van der Waals surface area contributed by atoms with Gasteiger partial charge in [0.25, 0.3) is 6.47 Å². The molecule has 0 aromatic heterocycles. The van der Waals surface area contributed by atoms with Crippen LogP contribution in [0.5, 0.6) is 0 Å². The lowest BCUT2D eigenvalue weighted by Gasteiger charge is -2.27. The molecule has 1 aliphatic rings. The summed E-state index contributed by atoms with van der Waals surface area (Å²) in [6.07, 6.45) is -4.28. The molecule has 1 aromatic rings. The molecule has 142 valence electrons. The van der Waals surface area contributed by atoms with E-state index in [1.165, 1.54) is 0 Å². The van der Waals surface area contributed by atoms with Crippen LogP contribution in [0.1, 0.15) is 31.9 Å². The molecule has 4 nitrogen and oxygen atoms in total. The fourth-order valence-electron chi connectivity index (χ4n) is 2.11. The number of benzene rings is 1. The average molecular weight is 425 g/mol. The van der Waals surface area contributed by atoms with Crippen molar-refractivity contribution in [3.8, 4) is 0 Å². The molecule has 0 atom stereocenters. The molecule has 0 saturated carbocycles. The standard InChI is InChI=1S/C12H14BrF3N2.C5H10O2/c13-11-7-10(12(14,15)16)2-1-9(11)8-18-5-3-17-4-6-18;1-5(2,3)7-4-6/h1-2,7,17H,3-6,8H2;4H,1-3H3. The fourth-order valence-corrected chi connectivity index (χ4v) is 2.61. The normalized spacial score (nSPS) is 16.0. The summed E-state index contributed by atoms with van der Waals surface area (Å²) in [5.74, 6) is 0. The summed E-state index contributed by atoms with van der Waals surface area (Å²) in [5.41, 5.74) is -0.0368. The van der Waals surface area contributed by atoms with Crippen molar-refractivity contribution in [2.45, 2.75) is 39.1 Å². The van der Waals surface area contributed by atoms with Crippen molar-refractivity contribution in [2.75, 3.05) is 26.2 Å². The van der Waals surface area contributed by atoms with E-state index in [9.17, 15) is 18.0 Å². The van der Waals surface area contributed by atoms with Gasteiger partial charge >= 0.3 is 6.18 Å². The van der Waals surface area contributed by atoms with Gasteiger partial charge in [-0.1, -0.05) is 22.0 Å². The van der Waals surface area contributed by atoms with Gasteiger partial charge in [-0.2, -0.15) is 13.2 Å². The second kappa shape index (κ2) is 9.54. The Kier molecular flexibility index (Phi) is 8.37. The number of alkyl halides is 3. The van der Waals surface area contributed by atoms with Crippen molar-refractivity contribution in [3.05, 3.63) is 33.8 Å². The molecule has 1 saturated heterocycles. The molecule has 0 radical (unpaired) electrons. The third kappa shape index (κ3) is 8.69. The molecule has 0 amide bonds. The number of hydrogen-bond acceptors (Lipinski definition) is 4. The third-order valence-corrected chi connectivity index (χ3v) is 4.12. The van der Waals surface area contributed by atoms with Crippen LogP contribution in [-0.4, -0.2) is 43.2 Å². The number of halogens is 4. The summed E-state index contributed by atoms with van der Waals surface area (Å²) >= 11 is 3.22. The molecule has 0 aliphatic carbocycles. The van der Waals surface area contributed by atoms with Gasteiger partial charge in [0.2, 0.25) is 0 Å². The number of piperazine rings is 1. The predicted octanol–water partition coefficient (Wildman–Crippen LogP) is 3.83. The predicted molar refractivity (Wildman–Crippen MR) is 94.2 cm³/mol. The Balaban J connectivity index is 0.000000381. The van der Waals surface area contributed by atoms with Crippen molar-refractivity contribution >= 4 is 22.4 Å². The van der Waals surface area contributed by atoms with E-state index in [1.807, 2.05) is 20.8 Å². The van der Waals surface area contributed by atoms with E-state index in [0.717, 1.165) is 43.9 Å². The highest BCUT2D eigenvalue weighted by molar-refractivity contribution is 9.10. The van der Waals surface area contributed by atoms with Crippen LogP contribution in [0.25, 0.3) is 0 Å². The van der Waals surface area contributed by atoms with E-state index in [0.29, 0.717) is 17.5 Å². The summed E-state index contributed by atoms with van der Waals surface area (Å²) in [7, 11) is 0. The van der Waals surface area contributed by atoms with Crippen LogP contribution in [0.15, 0.2) is 22.7 Å². The first-order valence-corrected chi connectivity index (χ1v) is 8.72. The van der Waals surface area contributed by atoms with Crippen LogP contribution < -0.4 is 5.32 Å². The minimum Gasteiger partial charge on any atom is -0.462 e. The molecule has 1 aromatic carbocycles. The first-order valence-electron chi connectivity index (χ1n) is 7.93. The molecule has 2 rings (SSSR count). The van der Waals surface area contributed by atoms with Gasteiger partial charge in [0, 0.05) is 37.2 Å². The minimum atomic E-state index is -4.28. The summed E-state index contributed by atoms with van der Waals surface area (Å²) in [5, 5.41) is 3.24. The Morgan fingerprint density at radius 3 is 2.24 bits per heavy atom. The highest BCUT2D eigenvalue weighted by Gasteiger charge is 2.30.